The van der Waals surface area contributed by atoms with Crippen LogP contribution in [-0.2, 0) is 11.4 Å². The van der Waals surface area contributed by atoms with E-state index >= 15 is 0 Å². The highest BCUT2D eigenvalue weighted by atomic mass is 16.5. The maximum atomic E-state index is 10.9. The number of nitrogens with one attached hydrogen (secondary N) is 1. The fourth-order valence-corrected chi connectivity index (χ4v) is 1.24. The maximum absolute atomic E-state index is 10.9. The predicted molar refractivity (Wildman–Crippen MR) is 57.8 cm³/mol. The molecule has 1 rings (SSSR count). The number of rotatable bonds is 4. The summed E-state index contributed by atoms with van der Waals surface area (Å²) >= 11 is 0. The average Bonchev–Trinajstić information content (AvgIpc) is 2.20. The Balaban J connectivity index is 2.98. The zero-order valence-corrected chi connectivity index (χ0v) is 8.91. The monoisotopic (exact) mass is 209 g/mol. The van der Waals surface area contributed by atoms with Crippen molar-refractivity contribution in [2.45, 2.75) is 20.5 Å². The van der Waals surface area contributed by atoms with Gasteiger partial charge in [0.2, 0.25) is 5.91 Å². The normalized spacial score (nSPS) is 9.80. The van der Waals surface area contributed by atoms with Crippen molar-refractivity contribution in [2.75, 3.05) is 11.9 Å². The highest BCUT2D eigenvalue weighted by molar-refractivity contribution is 5.90. The minimum absolute atomic E-state index is 0.0566. The number of anilines is 1. The fourth-order valence-electron chi connectivity index (χ4n) is 1.24. The first-order chi connectivity index (χ1) is 7.17. The second-order valence-corrected chi connectivity index (χ2v) is 3.10. The van der Waals surface area contributed by atoms with E-state index in [1.807, 2.05) is 6.92 Å². The van der Waals surface area contributed by atoms with Crippen LogP contribution in [0.5, 0.6) is 5.75 Å². The molecule has 0 radical (unpaired) electrons. The van der Waals surface area contributed by atoms with Crippen LogP contribution in [0.3, 0.4) is 0 Å². The van der Waals surface area contributed by atoms with Gasteiger partial charge in [0.25, 0.3) is 0 Å². The van der Waals surface area contributed by atoms with Crippen LogP contribution in [0.25, 0.3) is 0 Å². The van der Waals surface area contributed by atoms with Gasteiger partial charge in [-0.2, -0.15) is 0 Å². The number of ether oxygens (including phenoxy) is 1. The standard InChI is InChI=1S/C11H15NO3/c1-3-15-11-5-4-9(7-13)6-10(11)12-8(2)14/h4-6,13H,3,7H2,1-2H3,(H,12,14). The number of hydrogen-bond donors (Lipinski definition) is 2. The third-order valence-electron chi connectivity index (χ3n) is 1.84. The highest BCUT2D eigenvalue weighted by Gasteiger charge is 2.05. The molecule has 4 heteroatoms. The summed E-state index contributed by atoms with van der Waals surface area (Å²) in [4.78, 5) is 10.9. The molecule has 0 atom stereocenters. The topological polar surface area (TPSA) is 58.6 Å². The van der Waals surface area contributed by atoms with Crippen LogP contribution in [-0.4, -0.2) is 17.6 Å². The molecule has 0 aliphatic rings. The van der Waals surface area contributed by atoms with Crippen molar-refractivity contribution < 1.29 is 14.6 Å². The number of amides is 1. The molecule has 2 N–H and O–H groups in total. The van der Waals surface area contributed by atoms with Gasteiger partial charge in [-0.25, -0.2) is 0 Å². The van der Waals surface area contributed by atoms with Crippen molar-refractivity contribution in [1.29, 1.82) is 0 Å². The molecule has 0 fully saturated rings. The van der Waals surface area contributed by atoms with Crippen molar-refractivity contribution in [3.8, 4) is 5.75 Å². The van der Waals surface area contributed by atoms with Crippen molar-refractivity contribution in [3.05, 3.63) is 23.8 Å². The van der Waals surface area contributed by atoms with Gasteiger partial charge in [-0.15, -0.1) is 0 Å². The fraction of sp³-hybridized carbons (Fsp3) is 0.364. The number of carbonyl (C=O) groups is 1. The Morgan fingerprint density at radius 3 is 2.80 bits per heavy atom. The summed E-state index contributed by atoms with van der Waals surface area (Å²) in [6.45, 7) is 3.78. The van der Waals surface area contributed by atoms with E-state index in [9.17, 15) is 4.79 Å². The van der Waals surface area contributed by atoms with Gasteiger partial charge < -0.3 is 15.2 Å². The number of aliphatic hydroxyl groups excluding tert-OH is 1. The van der Waals surface area contributed by atoms with Gasteiger partial charge in [-0.05, 0) is 24.6 Å². The molecule has 1 amide bonds. The molecule has 0 saturated heterocycles. The van der Waals surface area contributed by atoms with E-state index < -0.39 is 0 Å². The Hall–Kier alpha value is -1.55. The maximum Gasteiger partial charge on any atom is 0.221 e. The zero-order valence-electron chi connectivity index (χ0n) is 8.91. The molecule has 0 bridgehead atoms. The molecule has 1 aromatic carbocycles. The lowest BCUT2D eigenvalue weighted by Gasteiger charge is -2.11. The number of aliphatic hydroxyl groups is 1. The van der Waals surface area contributed by atoms with E-state index in [2.05, 4.69) is 5.32 Å². The van der Waals surface area contributed by atoms with E-state index in [0.29, 0.717) is 18.0 Å². The van der Waals surface area contributed by atoms with E-state index in [-0.39, 0.29) is 12.5 Å². The molecule has 82 valence electrons. The second-order valence-electron chi connectivity index (χ2n) is 3.10. The molecule has 0 heterocycles. The van der Waals surface area contributed by atoms with Crippen LogP contribution in [0.15, 0.2) is 18.2 Å². The number of hydrogen-bond acceptors (Lipinski definition) is 3. The first kappa shape index (κ1) is 11.5. The molecule has 1 aromatic rings. The Bertz CT molecular complexity index is 350. The molecule has 15 heavy (non-hydrogen) atoms. The highest BCUT2D eigenvalue weighted by Crippen LogP contribution is 2.25. The molecule has 0 unspecified atom stereocenters. The van der Waals surface area contributed by atoms with E-state index in [4.69, 9.17) is 9.84 Å². The third kappa shape index (κ3) is 3.25. The predicted octanol–water partition coefficient (Wildman–Crippen LogP) is 1.54. The zero-order chi connectivity index (χ0) is 11.3. The van der Waals surface area contributed by atoms with Crippen LogP contribution in [0.1, 0.15) is 19.4 Å². The number of carbonyl (C=O) groups excluding carboxylic acids is 1. The largest absolute Gasteiger partial charge is 0.492 e. The first-order valence-corrected chi connectivity index (χ1v) is 4.81. The molecule has 4 nitrogen and oxygen atoms in total. The van der Waals surface area contributed by atoms with Crippen LogP contribution in [0.2, 0.25) is 0 Å². The van der Waals surface area contributed by atoms with E-state index in [1.165, 1.54) is 6.92 Å². The van der Waals surface area contributed by atoms with Crippen molar-refractivity contribution in [1.82, 2.24) is 0 Å². The van der Waals surface area contributed by atoms with Crippen LogP contribution in [0, 0.1) is 0 Å². The van der Waals surface area contributed by atoms with Crippen LogP contribution in [0.4, 0.5) is 5.69 Å². The average molecular weight is 209 g/mol. The van der Waals surface area contributed by atoms with Gasteiger partial charge in [0.1, 0.15) is 5.75 Å². The molecular formula is C11H15NO3. The van der Waals surface area contributed by atoms with Gasteiger partial charge >= 0.3 is 0 Å². The Labute approximate surface area is 88.9 Å². The molecule has 0 saturated carbocycles. The summed E-state index contributed by atoms with van der Waals surface area (Å²) in [7, 11) is 0. The lowest BCUT2D eigenvalue weighted by Crippen LogP contribution is -2.08. The summed E-state index contributed by atoms with van der Waals surface area (Å²) in [5, 5.41) is 11.6. The summed E-state index contributed by atoms with van der Waals surface area (Å²) in [5.41, 5.74) is 1.33. The third-order valence-corrected chi connectivity index (χ3v) is 1.84. The quantitative estimate of drug-likeness (QED) is 0.790. The lowest BCUT2D eigenvalue weighted by molar-refractivity contribution is -0.114. The van der Waals surface area contributed by atoms with Crippen LogP contribution < -0.4 is 10.1 Å². The van der Waals surface area contributed by atoms with Gasteiger partial charge in [-0.1, -0.05) is 6.07 Å². The van der Waals surface area contributed by atoms with Crippen molar-refractivity contribution in [2.24, 2.45) is 0 Å². The van der Waals surface area contributed by atoms with Crippen molar-refractivity contribution >= 4 is 11.6 Å². The second kappa shape index (κ2) is 5.36. The summed E-state index contributed by atoms with van der Waals surface area (Å²) in [5.74, 6) is 0.455. The molecular weight excluding hydrogens is 194 g/mol. The van der Waals surface area contributed by atoms with Gasteiger partial charge in [0, 0.05) is 6.92 Å². The Kier molecular flexibility index (Phi) is 4.12. The van der Waals surface area contributed by atoms with Crippen molar-refractivity contribution in [3.63, 3.8) is 0 Å². The Morgan fingerprint density at radius 2 is 2.27 bits per heavy atom. The molecule has 0 aliphatic heterocycles. The summed E-state index contributed by atoms with van der Waals surface area (Å²) in [6, 6.07) is 5.20. The van der Waals surface area contributed by atoms with Gasteiger partial charge in [0.05, 0.1) is 18.9 Å². The minimum Gasteiger partial charge on any atom is -0.492 e. The van der Waals surface area contributed by atoms with Gasteiger partial charge in [0.15, 0.2) is 0 Å². The smallest absolute Gasteiger partial charge is 0.221 e. The SMILES string of the molecule is CCOc1ccc(CO)cc1NC(C)=O. The molecule has 0 spiro atoms. The van der Waals surface area contributed by atoms with E-state index in [0.717, 1.165) is 5.56 Å². The van der Waals surface area contributed by atoms with Gasteiger partial charge in [-0.3, -0.25) is 4.79 Å². The minimum atomic E-state index is -0.161. The molecule has 0 aromatic heterocycles. The summed E-state index contributed by atoms with van der Waals surface area (Å²) < 4.78 is 5.34. The van der Waals surface area contributed by atoms with Crippen LogP contribution >= 0.6 is 0 Å². The molecule has 0 aliphatic carbocycles. The first-order valence-electron chi connectivity index (χ1n) is 4.81. The number of benzene rings is 1. The Morgan fingerprint density at radius 1 is 1.53 bits per heavy atom. The van der Waals surface area contributed by atoms with E-state index in [1.54, 1.807) is 18.2 Å². The summed E-state index contributed by atoms with van der Waals surface area (Å²) in [6.07, 6.45) is 0. The lowest BCUT2D eigenvalue weighted by atomic mass is 10.2.